The number of rotatable bonds is 4. The molecule has 0 aliphatic heterocycles. The fourth-order valence-electron chi connectivity index (χ4n) is 3.44. The monoisotopic (exact) mass is 479 g/mol. The number of benzene rings is 2. The van der Waals surface area contributed by atoms with Crippen molar-refractivity contribution in [2.45, 2.75) is 53.2 Å². The minimum atomic E-state index is -0.666. The topological polar surface area (TPSA) is 80.6 Å². The van der Waals surface area contributed by atoms with E-state index in [1.54, 1.807) is 46.9 Å². The maximum absolute atomic E-state index is 13.5. The second kappa shape index (κ2) is 10.1. The molecule has 8 heteroatoms. The van der Waals surface area contributed by atoms with Crippen molar-refractivity contribution in [1.29, 1.82) is 0 Å². The van der Waals surface area contributed by atoms with E-state index in [1.807, 2.05) is 25.1 Å². The summed E-state index contributed by atoms with van der Waals surface area (Å²) < 4.78 is 20.4. The molecule has 0 aliphatic carbocycles. The van der Waals surface area contributed by atoms with Crippen LogP contribution in [-0.4, -0.2) is 39.1 Å². The number of halogens is 1. The molecule has 0 unspecified atom stereocenters. The Labute approximate surface area is 204 Å². The largest absolute Gasteiger partial charge is 0.443 e. The van der Waals surface area contributed by atoms with Crippen LogP contribution >= 0.6 is 0 Å². The van der Waals surface area contributed by atoms with E-state index in [1.165, 1.54) is 33.9 Å². The third-order valence-electron chi connectivity index (χ3n) is 5.05. The van der Waals surface area contributed by atoms with Crippen molar-refractivity contribution in [3.8, 4) is 0 Å². The fourth-order valence-corrected chi connectivity index (χ4v) is 3.44. The van der Waals surface area contributed by atoms with Gasteiger partial charge in [-0.3, -0.25) is 19.6 Å². The van der Waals surface area contributed by atoms with Crippen LogP contribution in [0.15, 0.2) is 54.7 Å². The summed E-state index contributed by atoms with van der Waals surface area (Å²) in [6.45, 7) is 10.8. The van der Waals surface area contributed by atoms with E-state index in [9.17, 15) is 18.8 Å². The molecule has 2 amide bonds. The molecule has 0 saturated heterocycles. The molecule has 0 aliphatic rings. The van der Waals surface area contributed by atoms with Gasteiger partial charge in [0.05, 0.1) is 5.52 Å². The third-order valence-corrected chi connectivity index (χ3v) is 5.05. The van der Waals surface area contributed by atoms with Crippen LogP contribution in [-0.2, 0) is 9.53 Å². The molecule has 0 saturated carbocycles. The lowest BCUT2D eigenvalue weighted by atomic mass is 10.1. The highest BCUT2D eigenvalue weighted by Crippen LogP contribution is 2.25. The van der Waals surface area contributed by atoms with Crippen molar-refractivity contribution in [3.63, 3.8) is 0 Å². The minimum absolute atomic E-state index is 0.100. The van der Waals surface area contributed by atoms with Gasteiger partial charge in [-0.05, 0) is 77.4 Å². The Hall–Kier alpha value is -3.94. The number of aryl methyl sites for hydroxylation is 1. The molecule has 1 heterocycles. The van der Waals surface area contributed by atoms with Gasteiger partial charge in [-0.1, -0.05) is 18.2 Å². The van der Waals surface area contributed by atoms with Crippen molar-refractivity contribution < 1.29 is 23.5 Å². The first kappa shape index (κ1) is 25.7. The average Bonchev–Trinajstić information content (AvgIpc) is 3.12. The Balaban J connectivity index is 1.89. The molecule has 35 heavy (non-hydrogen) atoms. The molecule has 0 fully saturated rings. The Kier molecular flexibility index (Phi) is 7.43. The highest BCUT2D eigenvalue weighted by Gasteiger charge is 2.22. The number of amides is 2. The predicted molar refractivity (Wildman–Crippen MR) is 133 cm³/mol. The van der Waals surface area contributed by atoms with Gasteiger partial charge < -0.3 is 4.74 Å². The van der Waals surface area contributed by atoms with E-state index in [0.29, 0.717) is 11.1 Å². The van der Waals surface area contributed by atoms with Gasteiger partial charge >= 0.3 is 6.09 Å². The van der Waals surface area contributed by atoms with Crippen LogP contribution in [0.4, 0.5) is 9.18 Å². The lowest BCUT2D eigenvalue weighted by molar-refractivity contribution is -0.130. The average molecular weight is 480 g/mol. The van der Waals surface area contributed by atoms with Gasteiger partial charge in [0.15, 0.2) is 0 Å². The molecule has 0 bridgehead atoms. The molecule has 0 radical (unpaired) electrons. The standard InChI is InChI=1S/C27H30FN3O4/c1-17(2)31(29-25(33)19-8-7-9-21(28)15-19)24(32)13-11-20-16-30(26(34)35-27(4,5)6)23-14-18(3)10-12-22(20)23/h7-17H,1-6H3,(H,29,33). The highest BCUT2D eigenvalue weighted by atomic mass is 19.1. The van der Waals surface area contributed by atoms with E-state index >= 15 is 0 Å². The van der Waals surface area contributed by atoms with E-state index < -0.39 is 29.3 Å². The maximum Gasteiger partial charge on any atom is 0.419 e. The summed E-state index contributed by atoms with van der Waals surface area (Å²) in [5, 5.41) is 1.94. The molecule has 3 rings (SSSR count). The summed E-state index contributed by atoms with van der Waals surface area (Å²) in [5.74, 6) is -1.62. The van der Waals surface area contributed by atoms with Crippen LogP contribution in [0.1, 0.15) is 56.1 Å². The number of nitrogens with one attached hydrogen (secondary N) is 1. The Morgan fingerprint density at radius 3 is 2.46 bits per heavy atom. The summed E-state index contributed by atoms with van der Waals surface area (Å²) in [4.78, 5) is 38.3. The van der Waals surface area contributed by atoms with Crippen LogP contribution in [0.25, 0.3) is 17.0 Å². The third kappa shape index (κ3) is 6.35. The zero-order valence-electron chi connectivity index (χ0n) is 20.8. The Morgan fingerprint density at radius 2 is 1.83 bits per heavy atom. The van der Waals surface area contributed by atoms with Gasteiger partial charge in [0, 0.05) is 34.8 Å². The van der Waals surface area contributed by atoms with Crippen molar-refractivity contribution in [3.05, 3.63) is 77.2 Å². The zero-order chi connectivity index (χ0) is 25.9. The van der Waals surface area contributed by atoms with Crippen LogP contribution in [0.2, 0.25) is 0 Å². The Bertz CT molecular complexity index is 1300. The second-order valence-electron chi connectivity index (χ2n) is 9.54. The number of carbonyl (C=O) groups excluding carboxylic acids is 3. The lowest BCUT2D eigenvalue weighted by Crippen LogP contribution is -2.49. The van der Waals surface area contributed by atoms with E-state index in [-0.39, 0.29) is 11.6 Å². The van der Waals surface area contributed by atoms with E-state index in [2.05, 4.69) is 5.43 Å². The first-order chi connectivity index (χ1) is 16.4. The molecular weight excluding hydrogens is 449 g/mol. The summed E-state index contributed by atoms with van der Waals surface area (Å²) in [7, 11) is 0. The smallest absolute Gasteiger partial charge is 0.419 e. The zero-order valence-corrected chi connectivity index (χ0v) is 20.8. The first-order valence-electron chi connectivity index (χ1n) is 11.3. The van der Waals surface area contributed by atoms with Crippen LogP contribution in [0.3, 0.4) is 0 Å². The van der Waals surface area contributed by atoms with E-state index in [0.717, 1.165) is 17.0 Å². The van der Waals surface area contributed by atoms with Crippen LogP contribution in [0, 0.1) is 12.7 Å². The van der Waals surface area contributed by atoms with Gasteiger partial charge in [0.2, 0.25) is 0 Å². The molecule has 0 atom stereocenters. The molecule has 1 aromatic heterocycles. The van der Waals surface area contributed by atoms with Gasteiger partial charge in [-0.25, -0.2) is 14.2 Å². The van der Waals surface area contributed by atoms with Crippen molar-refractivity contribution in [2.75, 3.05) is 0 Å². The molecule has 3 aromatic rings. The number of hydrogen-bond acceptors (Lipinski definition) is 4. The van der Waals surface area contributed by atoms with Gasteiger partial charge in [-0.2, -0.15) is 0 Å². The maximum atomic E-state index is 13.5. The molecule has 7 nitrogen and oxygen atoms in total. The SMILES string of the molecule is Cc1ccc2c(C=CC(=O)N(NC(=O)c3cccc(F)c3)C(C)C)cn(C(=O)OC(C)(C)C)c2c1. The first-order valence-corrected chi connectivity index (χ1v) is 11.3. The van der Waals surface area contributed by atoms with Crippen LogP contribution < -0.4 is 5.43 Å². The number of hydrazine groups is 1. The van der Waals surface area contributed by atoms with Gasteiger partial charge in [-0.15, -0.1) is 0 Å². The summed E-state index contributed by atoms with van der Waals surface area (Å²) in [6.07, 6.45) is 4.00. The molecular formula is C27H30FN3O4. The number of carbonyl (C=O) groups is 3. The Morgan fingerprint density at radius 1 is 1.11 bits per heavy atom. The number of aromatic nitrogens is 1. The second-order valence-corrected chi connectivity index (χ2v) is 9.54. The van der Waals surface area contributed by atoms with Crippen molar-refractivity contribution >= 4 is 34.9 Å². The summed E-state index contributed by atoms with van der Waals surface area (Å²) in [5.41, 5.74) is 4.24. The number of ether oxygens (including phenoxy) is 1. The molecule has 184 valence electrons. The van der Waals surface area contributed by atoms with Gasteiger partial charge in [0.25, 0.3) is 11.8 Å². The number of fused-ring (bicyclic) bond motifs is 1. The number of nitrogens with zero attached hydrogens (tertiary/aromatic N) is 2. The number of hydrogen-bond donors (Lipinski definition) is 1. The fraction of sp³-hybridized carbons (Fsp3) is 0.296. The highest BCUT2D eigenvalue weighted by molar-refractivity contribution is 6.01. The summed E-state index contributed by atoms with van der Waals surface area (Å²) >= 11 is 0. The normalized spacial score (nSPS) is 11.8. The van der Waals surface area contributed by atoms with Crippen molar-refractivity contribution in [1.82, 2.24) is 15.0 Å². The minimum Gasteiger partial charge on any atom is -0.443 e. The van der Waals surface area contributed by atoms with Crippen LogP contribution in [0.5, 0.6) is 0 Å². The molecule has 1 N–H and O–H groups in total. The molecule has 0 spiro atoms. The van der Waals surface area contributed by atoms with E-state index in [4.69, 9.17) is 4.74 Å². The lowest BCUT2D eigenvalue weighted by Gasteiger charge is -2.25. The molecule has 2 aromatic carbocycles. The summed E-state index contributed by atoms with van der Waals surface area (Å²) in [6, 6.07) is 10.5. The quantitative estimate of drug-likeness (QED) is 0.398. The predicted octanol–water partition coefficient (Wildman–Crippen LogP) is 5.47. The van der Waals surface area contributed by atoms with Gasteiger partial charge in [0.1, 0.15) is 11.4 Å². The van der Waals surface area contributed by atoms with Crippen molar-refractivity contribution in [2.24, 2.45) is 0 Å².